The Kier molecular flexibility index (Phi) is 1.81. The van der Waals surface area contributed by atoms with E-state index >= 15 is 0 Å². The summed E-state index contributed by atoms with van der Waals surface area (Å²) in [6.45, 7) is 0. The van der Waals surface area contributed by atoms with Crippen molar-refractivity contribution in [3.05, 3.63) is 27.3 Å². The third-order valence-electron chi connectivity index (χ3n) is 1.74. The highest BCUT2D eigenvalue weighted by molar-refractivity contribution is 9.10. The summed E-state index contributed by atoms with van der Waals surface area (Å²) in [6, 6.07) is 1.96. The quantitative estimate of drug-likeness (QED) is 0.637. The molecule has 0 fully saturated rings. The molecular formula is C9H6BrNO. The zero-order valence-electron chi connectivity index (χ0n) is 6.25. The standard InChI is InChI=1S/C9H6BrNO/c10-7-3-6-1-2-8(12)4-9(6)11-5-7/h1,3-5H,2H2. The van der Waals surface area contributed by atoms with Crippen LogP contribution in [0.3, 0.4) is 0 Å². The zero-order chi connectivity index (χ0) is 8.55. The molecule has 2 nitrogen and oxygen atoms in total. The Balaban J connectivity index is 2.79. The van der Waals surface area contributed by atoms with Gasteiger partial charge in [0, 0.05) is 23.2 Å². The molecule has 0 saturated heterocycles. The number of nitrogens with zero attached hydrogens (tertiary/aromatic N) is 1. The highest BCUT2D eigenvalue weighted by Gasteiger charge is 2.01. The fraction of sp³-hybridized carbons (Fsp3) is 0.111. The first-order valence-corrected chi connectivity index (χ1v) is 4.41. The Morgan fingerprint density at radius 2 is 2.33 bits per heavy atom. The summed E-state index contributed by atoms with van der Waals surface area (Å²) >= 11 is 3.32. The van der Waals surface area contributed by atoms with E-state index in [0.717, 1.165) is 15.0 Å². The average molecular weight is 224 g/mol. The molecule has 0 saturated carbocycles. The maximum absolute atomic E-state index is 11.0. The predicted molar refractivity (Wildman–Crippen MR) is 49.7 cm³/mol. The predicted octanol–water partition coefficient (Wildman–Crippen LogP) is 0.378. The monoisotopic (exact) mass is 223 g/mol. The second kappa shape index (κ2) is 2.83. The van der Waals surface area contributed by atoms with E-state index in [0.29, 0.717) is 6.42 Å². The zero-order valence-corrected chi connectivity index (χ0v) is 7.84. The van der Waals surface area contributed by atoms with E-state index in [1.165, 1.54) is 0 Å². The number of fused-ring (bicyclic) bond motifs is 1. The van der Waals surface area contributed by atoms with E-state index in [4.69, 9.17) is 0 Å². The van der Waals surface area contributed by atoms with Gasteiger partial charge in [0.1, 0.15) is 0 Å². The van der Waals surface area contributed by atoms with Crippen LogP contribution in [0.2, 0.25) is 0 Å². The third-order valence-corrected chi connectivity index (χ3v) is 2.17. The van der Waals surface area contributed by atoms with Crippen LogP contribution in [0, 0.1) is 0 Å². The number of aromatic nitrogens is 1. The Morgan fingerprint density at radius 1 is 1.50 bits per heavy atom. The average Bonchev–Trinajstić information content (AvgIpc) is 2.05. The van der Waals surface area contributed by atoms with Crippen molar-refractivity contribution in [3.63, 3.8) is 0 Å². The first-order chi connectivity index (χ1) is 5.75. The molecule has 2 rings (SSSR count). The highest BCUT2D eigenvalue weighted by atomic mass is 79.9. The molecule has 60 valence electrons. The van der Waals surface area contributed by atoms with Gasteiger partial charge in [-0.3, -0.25) is 9.78 Å². The van der Waals surface area contributed by atoms with Gasteiger partial charge in [-0.25, -0.2) is 0 Å². The van der Waals surface area contributed by atoms with Crippen molar-refractivity contribution in [2.24, 2.45) is 0 Å². The van der Waals surface area contributed by atoms with Gasteiger partial charge in [-0.1, -0.05) is 6.08 Å². The minimum Gasteiger partial charge on any atom is -0.294 e. The van der Waals surface area contributed by atoms with Gasteiger partial charge in [0.15, 0.2) is 5.78 Å². The molecule has 0 amide bonds. The molecule has 0 aliphatic heterocycles. The van der Waals surface area contributed by atoms with Crippen LogP contribution < -0.4 is 10.6 Å². The lowest BCUT2D eigenvalue weighted by Gasteiger charge is -1.97. The Morgan fingerprint density at radius 3 is 3.17 bits per heavy atom. The maximum Gasteiger partial charge on any atom is 0.161 e. The number of hydrogen-bond acceptors (Lipinski definition) is 2. The van der Waals surface area contributed by atoms with Crippen LogP contribution in [0.1, 0.15) is 6.42 Å². The van der Waals surface area contributed by atoms with Crippen molar-refractivity contribution in [2.75, 3.05) is 0 Å². The number of halogens is 1. The van der Waals surface area contributed by atoms with Crippen LogP contribution in [0.5, 0.6) is 0 Å². The normalized spacial score (nSPS) is 14.6. The van der Waals surface area contributed by atoms with Crippen molar-refractivity contribution >= 4 is 33.9 Å². The van der Waals surface area contributed by atoms with Gasteiger partial charge < -0.3 is 0 Å². The Bertz CT molecular complexity index is 450. The summed E-state index contributed by atoms with van der Waals surface area (Å²) in [6.07, 6.45) is 5.67. The van der Waals surface area contributed by atoms with Crippen molar-refractivity contribution in [1.82, 2.24) is 4.98 Å². The summed E-state index contributed by atoms with van der Waals surface area (Å²) in [5.74, 6) is 0.123. The number of Topliss-reactive ketones (excluding diaryl/α,β-unsaturated/α-hetero) is 1. The smallest absolute Gasteiger partial charge is 0.161 e. The van der Waals surface area contributed by atoms with E-state index in [2.05, 4.69) is 20.9 Å². The van der Waals surface area contributed by atoms with Crippen molar-refractivity contribution in [3.8, 4) is 0 Å². The molecule has 0 radical (unpaired) electrons. The van der Waals surface area contributed by atoms with Crippen LogP contribution in [-0.2, 0) is 4.79 Å². The molecule has 0 aromatic carbocycles. The molecule has 0 atom stereocenters. The molecule has 0 bridgehead atoms. The SMILES string of the molecule is O=C1C=c2ncc(Br)cc2=CC1. The lowest BCUT2D eigenvalue weighted by molar-refractivity contribution is -0.112. The van der Waals surface area contributed by atoms with Gasteiger partial charge >= 0.3 is 0 Å². The van der Waals surface area contributed by atoms with Gasteiger partial charge in [-0.2, -0.15) is 0 Å². The minimum absolute atomic E-state index is 0.123. The largest absolute Gasteiger partial charge is 0.294 e. The van der Waals surface area contributed by atoms with Gasteiger partial charge in [0.25, 0.3) is 0 Å². The number of ketones is 1. The van der Waals surface area contributed by atoms with E-state index < -0.39 is 0 Å². The van der Waals surface area contributed by atoms with E-state index in [9.17, 15) is 4.79 Å². The van der Waals surface area contributed by atoms with Crippen molar-refractivity contribution < 1.29 is 4.79 Å². The highest BCUT2D eigenvalue weighted by Crippen LogP contribution is 2.01. The molecule has 1 aromatic heterocycles. The lowest BCUT2D eigenvalue weighted by Crippen LogP contribution is -2.31. The Hall–Kier alpha value is -0.960. The first kappa shape index (κ1) is 7.68. The molecule has 12 heavy (non-hydrogen) atoms. The lowest BCUT2D eigenvalue weighted by atomic mass is 10.1. The fourth-order valence-corrected chi connectivity index (χ4v) is 1.52. The topological polar surface area (TPSA) is 30.0 Å². The molecule has 1 heterocycles. The molecule has 0 unspecified atom stereocenters. The van der Waals surface area contributed by atoms with E-state index in [-0.39, 0.29) is 5.78 Å². The summed E-state index contributed by atoms with van der Waals surface area (Å²) in [4.78, 5) is 15.1. The molecule has 1 aliphatic rings. The second-order valence-electron chi connectivity index (χ2n) is 2.65. The molecular weight excluding hydrogens is 218 g/mol. The summed E-state index contributed by atoms with van der Waals surface area (Å²) in [7, 11) is 0. The van der Waals surface area contributed by atoms with Crippen LogP contribution >= 0.6 is 15.9 Å². The minimum atomic E-state index is 0.123. The van der Waals surface area contributed by atoms with Crippen LogP contribution in [0.4, 0.5) is 0 Å². The first-order valence-electron chi connectivity index (χ1n) is 3.62. The number of rotatable bonds is 0. The van der Waals surface area contributed by atoms with Crippen molar-refractivity contribution in [2.45, 2.75) is 6.42 Å². The Labute approximate surface area is 77.8 Å². The maximum atomic E-state index is 11.0. The number of carbonyl (C=O) groups excluding carboxylic acids is 1. The van der Waals surface area contributed by atoms with E-state index in [1.807, 2.05) is 12.1 Å². The second-order valence-corrected chi connectivity index (χ2v) is 3.56. The van der Waals surface area contributed by atoms with Crippen LogP contribution in [0.25, 0.3) is 12.2 Å². The molecule has 0 N–H and O–H groups in total. The van der Waals surface area contributed by atoms with Crippen molar-refractivity contribution in [1.29, 1.82) is 0 Å². The molecule has 1 aliphatic carbocycles. The van der Waals surface area contributed by atoms with Crippen LogP contribution in [0.15, 0.2) is 16.7 Å². The molecule has 1 aromatic rings. The summed E-state index contributed by atoms with van der Waals surface area (Å²) in [5, 5.41) is 1.80. The van der Waals surface area contributed by atoms with Gasteiger partial charge in [-0.05, 0) is 27.2 Å². The fourth-order valence-electron chi connectivity index (χ4n) is 1.17. The number of pyridine rings is 1. The van der Waals surface area contributed by atoms with Crippen LogP contribution in [-0.4, -0.2) is 10.8 Å². The number of hydrogen-bond donors (Lipinski definition) is 0. The van der Waals surface area contributed by atoms with Gasteiger partial charge in [0.2, 0.25) is 0 Å². The van der Waals surface area contributed by atoms with E-state index in [1.54, 1.807) is 12.3 Å². The third kappa shape index (κ3) is 1.32. The van der Waals surface area contributed by atoms with Gasteiger partial charge in [-0.15, -0.1) is 0 Å². The number of carbonyl (C=O) groups is 1. The molecule has 3 heteroatoms. The summed E-state index contributed by atoms with van der Waals surface area (Å²) in [5.41, 5.74) is 0. The summed E-state index contributed by atoms with van der Waals surface area (Å²) < 4.78 is 0.945. The van der Waals surface area contributed by atoms with Gasteiger partial charge in [0.05, 0.1) is 5.35 Å². The molecule has 0 spiro atoms.